The van der Waals surface area contributed by atoms with Crippen LogP contribution in [-0.4, -0.2) is 24.9 Å². The Morgan fingerprint density at radius 3 is 2.50 bits per heavy atom. The van der Waals surface area contributed by atoms with Gasteiger partial charge in [-0.15, -0.1) is 0 Å². The second-order valence-electron chi connectivity index (χ2n) is 1.14. The Morgan fingerprint density at radius 1 is 2.00 bits per heavy atom. The molecule has 0 fully saturated rings. The second-order valence-corrected chi connectivity index (χ2v) is 1.14. The molecule has 35 valence electrons. The molecule has 0 bridgehead atoms. The average molecular weight is 85.9 g/mol. The van der Waals surface area contributed by atoms with Crippen molar-refractivity contribution < 1.29 is 5.11 Å². The van der Waals surface area contributed by atoms with Gasteiger partial charge in [0, 0.05) is 12.5 Å². The fourth-order valence-corrected chi connectivity index (χ4v) is 0.136. The second kappa shape index (κ2) is 3.19. The van der Waals surface area contributed by atoms with Crippen LogP contribution in [0.1, 0.15) is 0 Å². The molecule has 0 amide bonds. The van der Waals surface area contributed by atoms with Crippen LogP contribution >= 0.6 is 0 Å². The molecule has 0 spiro atoms. The number of aliphatic hydroxyl groups is 1. The van der Waals surface area contributed by atoms with Crippen molar-refractivity contribution in [3.8, 4) is 0 Å². The lowest BCUT2D eigenvalue weighted by Crippen LogP contribution is -2.24. The van der Waals surface area contributed by atoms with Gasteiger partial charge in [-0.1, -0.05) is 6.82 Å². The lowest BCUT2D eigenvalue weighted by atomic mass is 9.75. The summed E-state index contributed by atoms with van der Waals surface area (Å²) in [5.74, 6) is 0. The molecule has 2 nitrogen and oxygen atoms in total. The monoisotopic (exact) mass is 86.1 g/mol. The molecule has 0 aromatic heterocycles. The summed E-state index contributed by atoms with van der Waals surface area (Å²) in [6.07, 6.45) is 0. The molecule has 0 aromatic rings. The highest BCUT2D eigenvalue weighted by molar-refractivity contribution is 6.35. The van der Waals surface area contributed by atoms with E-state index in [2.05, 4.69) is 0 Å². The molecule has 0 saturated carbocycles. The van der Waals surface area contributed by atoms with Gasteiger partial charge < -0.3 is 10.8 Å². The van der Waals surface area contributed by atoms with Crippen LogP contribution < -0.4 is 5.73 Å². The van der Waals surface area contributed by atoms with Crippen LogP contribution in [0.25, 0.3) is 0 Å². The Hall–Kier alpha value is -0.0151. The van der Waals surface area contributed by atoms with E-state index in [4.69, 9.17) is 10.8 Å². The lowest BCUT2D eigenvalue weighted by Gasteiger charge is -1.97. The quantitative estimate of drug-likeness (QED) is 0.424. The van der Waals surface area contributed by atoms with E-state index in [-0.39, 0.29) is 0 Å². The minimum Gasteiger partial charge on any atom is -0.401 e. The van der Waals surface area contributed by atoms with Gasteiger partial charge in [-0.05, 0) is 0 Å². The van der Waals surface area contributed by atoms with E-state index in [1.165, 1.54) is 0 Å². The third-order valence-corrected chi connectivity index (χ3v) is 0.626. The largest absolute Gasteiger partial charge is 0.401 e. The minimum atomic E-state index is -0.412. The van der Waals surface area contributed by atoms with Gasteiger partial charge in [0.15, 0.2) is 0 Å². The fourth-order valence-electron chi connectivity index (χ4n) is 0.136. The van der Waals surface area contributed by atoms with Crippen molar-refractivity contribution in [1.82, 2.24) is 0 Å². The maximum Gasteiger partial charge on any atom is 0.147 e. The number of aliphatic hydroxyl groups excluding tert-OH is 1. The van der Waals surface area contributed by atoms with Crippen LogP contribution in [0.5, 0.6) is 0 Å². The summed E-state index contributed by atoms with van der Waals surface area (Å²) in [6, 6.07) is -0.412. The number of nitrogens with two attached hydrogens (primary N) is 1. The van der Waals surface area contributed by atoms with E-state index in [9.17, 15) is 0 Å². The van der Waals surface area contributed by atoms with Crippen molar-refractivity contribution in [2.75, 3.05) is 6.54 Å². The highest BCUT2D eigenvalue weighted by Crippen LogP contribution is 1.69. The summed E-state index contributed by atoms with van der Waals surface area (Å²) in [5, 5.41) is 8.49. The SMILES string of the molecule is C[B][C@H](O)CN. The molecule has 0 unspecified atom stereocenters. The number of hydrogen-bond donors (Lipinski definition) is 2. The van der Waals surface area contributed by atoms with Gasteiger partial charge in [0.05, 0.1) is 0 Å². The zero-order valence-corrected chi connectivity index (χ0v) is 3.89. The smallest absolute Gasteiger partial charge is 0.147 e. The summed E-state index contributed by atoms with van der Waals surface area (Å²) >= 11 is 0. The average Bonchev–Trinajstić information content (AvgIpc) is 1.65. The molecule has 0 rings (SSSR count). The molecule has 0 aliphatic rings. The predicted molar refractivity (Wildman–Crippen MR) is 26.7 cm³/mol. The first-order chi connectivity index (χ1) is 2.81. The maximum absolute atomic E-state index is 8.49. The van der Waals surface area contributed by atoms with Gasteiger partial charge in [0.25, 0.3) is 0 Å². The van der Waals surface area contributed by atoms with Gasteiger partial charge in [-0.2, -0.15) is 0 Å². The lowest BCUT2D eigenvalue weighted by molar-refractivity contribution is 0.260. The predicted octanol–water partition coefficient (Wildman–Crippen LogP) is -0.984. The van der Waals surface area contributed by atoms with Gasteiger partial charge in [0.1, 0.15) is 7.28 Å². The zero-order chi connectivity index (χ0) is 4.99. The van der Waals surface area contributed by atoms with Crippen molar-refractivity contribution in [2.24, 2.45) is 5.73 Å². The summed E-state index contributed by atoms with van der Waals surface area (Å²) in [6.45, 7) is 2.11. The van der Waals surface area contributed by atoms with E-state index >= 15 is 0 Å². The van der Waals surface area contributed by atoms with E-state index in [1.807, 2.05) is 0 Å². The topological polar surface area (TPSA) is 46.2 Å². The van der Waals surface area contributed by atoms with Crippen molar-refractivity contribution in [3.05, 3.63) is 0 Å². The molecule has 3 heteroatoms. The third-order valence-electron chi connectivity index (χ3n) is 0.626. The molecule has 3 N–H and O–H groups in total. The summed E-state index contributed by atoms with van der Waals surface area (Å²) < 4.78 is 0. The summed E-state index contributed by atoms with van der Waals surface area (Å²) in [5.41, 5.74) is 5.00. The van der Waals surface area contributed by atoms with E-state index in [0.717, 1.165) is 0 Å². The molecule has 1 atom stereocenters. The standard InChI is InChI=1S/C3H9BNO/c1-4-3(6)2-5/h3,6H,2,5H2,1H3/t3-/m1/s1. The summed E-state index contributed by atoms with van der Waals surface area (Å²) in [7, 11) is 1.65. The molecule has 6 heavy (non-hydrogen) atoms. The van der Waals surface area contributed by atoms with Crippen LogP contribution in [0.3, 0.4) is 0 Å². The highest BCUT2D eigenvalue weighted by atomic mass is 16.3. The van der Waals surface area contributed by atoms with E-state index in [0.29, 0.717) is 6.54 Å². The van der Waals surface area contributed by atoms with Gasteiger partial charge >= 0.3 is 0 Å². The molecular weight excluding hydrogens is 76.9 g/mol. The number of rotatable bonds is 2. The molecule has 0 aliphatic carbocycles. The minimum absolute atomic E-state index is 0.330. The van der Waals surface area contributed by atoms with Crippen LogP contribution in [0, 0.1) is 0 Å². The van der Waals surface area contributed by atoms with E-state index < -0.39 is 6.00 Å². The molecule has 0 aromatic carbocycles. The highest BCUT2D eigenvalue weighted by Gasteiger charge is 1.93. The van der Waals surface area contributed by atoms with Crippen molar-refractivity contribution in [2.45, 2.75) is 12.8 Å². The summed E-state index contributed by atoms with van der Waals surface area (Å²) in [4.78, 5) is 0. The Kier molecular flexibility index (Phi) is 3.18. The Balaban J connectivity index is 2.75. The van der Waals surface area contributed by atoms with Crippen LogP contribution in [0.4, 0.5) is 0 Å². The first-order valence-electron chi connectivity index (χ1n) is 1.99. The molecule has 1 radical (unpaired) electrons. The zero-order valence-electron chi connectivity index (χ0n) is 3.89. The van der Waals surface area contributed by atoms with Gasteiger partial charge in [-0.3, -0.25) is 0 Å². The van der Waals surface area contributed by atoms with Crippen LogP contribution in [0.15, 0.2) is 0 Å². The molecule has 0 aliphatic heterocycles. The van der Waals surface area contributed by atoms with Crippen molar-refractivity contribution >= 4 is 7.28 Å². The Labute approximate surface area is 38.6 Å². The Morgan fingerprint density at radius 2 is 2.50 bits per heavy atom. The Bertz CT molecular complexity index is 30.0. The first kappa shape index (κ1) is 5.98. The number of hydrogen-bond acceptors (Lipinski definition) is 2. The van der Waals surface area contributed by atoms with Crippen LogP contribution in [0.2, 0.25) is 6.82 Å². The van der Waals surface area contributed by atoms with Gasteiger partial charge in [-0.25, -0.2) is 0 Å². The van der Waals surface area contributed by atoms with Crippen molar-refractivity contribution in [3.63, 3.8) is 0 Å². The molecular formula is C3H9BNO. The molecule has 0 heterocycles. The van der Waals surface area contributed by atoms with E-state index in [1.54, 1.807) is 14.1 Å². The maximum atomic E-state index is 8.49. The van der Waals surface area contributed by atoms with Crippen LogP contribution in [-0.2, 0) is 0 Å². The fraction of sp³-hybridized carbons (Fsp3) is 1.00. The van der Waals surface area contributed by atoms with Gasteiger partial charge in [0.2, 0.25) is 0 Å². The molecule has 0 saturated heterocycles. The third kappa shape index (κ3) is 2.24. The normalized spacial score (nSPS) is 13.8. The first-order valence-corrected chi connectivity index (χ1v) is 1.99. The van der Waals surface area contributed by atoms with Crippen molar-refractivity contribution in [1.29, 1.82) is 0 Å².